The maximum absolute atomic E-state index is 12.4. The lowest BCUT2D eigenvalue weighted by Crippen LogP contribution is -2.41. The van der Waals surface area contributed by atoms with Gasteiger partial charge in [-0.05, 0) is 36.5 Å². The van der Waals surface area contributed by atoms with Gasteiger partial charge in [0.1, 0.15) is 10.7 Å². The lowest BCUT2D eigenvalue weighted by atomic mass is 10.1. The quantitative estimate of drug-likeness (QED) is 0.780. The zero-order chi connectivity index (χ0) is 12.7. The number of H-pyrrole nitrogens is 1. The molecule has 0 saturated carbocycles. The lowest BCUT2D eigenvalue weighted by Gasteiger charge is -2.23. The highest BCUT2D eigenvalue weighted by atomic mass is 32.1. The molecular weight excluding hydrogens is 270 g/mol. The lowest BCUT2D eigenvalue weighted by molar-refractivity contribution is -0.125. The Balaban J connectivity index is 2.25. The van der Waals surface area contributed by atoms with E-state index in [1.165, 1.54) is 15.9 Å². The molecule has 1 aliphatic rings. The van der Waals surface area contributed by atoms with Crippen molar-refractivity contribution in [2.45, 2.75) is 18.9 Å². The van der Waals surface area contributed by atoms with Crippen molar-refractivity contribution in [1.82, 2.24) is 14.9 Å². The van der Waals surface area contributed by atoms with Gasteiger partial charge in [0.15, 0.2) is 4.77 Å². The highest BCUT2D eigenvalue weighted by molar-refractivity contribution is 7.71. The first-order chi connectivity index (χ1) is 8.68. The van der Waals surface area contributed by atoms with Gasteiger partial charge in [-0.15, -0.1) is 11.3 Å². The van der Waals surface area contributed by atoms with Gasteiger partial charge in [-0.2, -0.15) is 0 Å². The number of nitrogens with one attached hydrogen (secondary N) is 2. The van der Waals surface area contributed by atoms with Crippen LogP contribution in [-0.2, 0) is 4.79 Å². The minimum absolute atomic E-state index is 0.126. The SMILES string of the molecule is O=C1NCCCC1n1c(=S)[nH]c2ccsc2c1=O. The number of carbonyl (C=O) groups is 1. The first-order valence-corrected chi connectivity index (χ1v) is 6.97. The predicted octanol–water partition coefficient (Wildman–Crippen LogP) is 1.57. The fraction of sp³-hybridized carbons (Fsp3) is 0.364. The Morgan fingerprint density at radius 3 is 3.06 bits per heavy atom. The second-order valence-electron chi connectivity index (χ2n) is 4.22. The summed E-state index contributed by atoms with van der Waals surface area (Å²) in [6.07, 6.45) is 1.51. The number of thiophene rings is 1. The monoisotopic (exact) mass is 281 g/mol. The number of aromatic amines is 1. The number of amides is 1. The third kappa shape index (κ3) is 1.70. The van der Waals surface area contributed by atoms with E-state index in [0.717, 1.165) is 11.9 Å². The first kappa shape index (κ1) is 11.6. The van der Waals surface area contributed by atoms with Gasteiger partial charge in [0.25, 0.3) is 5.56 Å². The molecule has 18 heavy (non-hydrogen) atoms. The number of fused-ring (bicyclic) bond motifs is 1. The molecule has 7 heteroatoms. The summed E-state index contributed by atoms with van der Waals surface area (Å²) >= 11 is 6.56. The van der Waals surface area contributed by atoms with E-state index in [1.54, 1.807) is 0 Å². The van der Waals surface area contributed by atoms with Crippen LogP contribution in [0, 0.1) is 4.77 Å². The molecule has 0 radical (unpaired) electrons. The Morgan fingerprint density at radius 2 is 2.28 bits per heavy atom. The van der Waals surface area contributed by atoms with Gasteiger partial charge in [0.05, 0.1) is 5.52 Å². The summed E-state index contributed by atoms with van der Waals surface area (Å²) in [5.41, 5.74) is 0.563. The molecule has 94 valence electrons. The van der Waals surface area contributed by atoms with E-state index in [2.05, 4.69) is 10.3 Å². The largest absolute Gasteiger partial charge is 0.354 e. The number of nitrogens with zero attached hydrogens (tertiary/aromatic N) is 1. The molecule has 2 N–H and O–H groups in total. The summed E-state index contributed by atoms with van der Waals surface area (Å²) in [5, 5.41) is 4.61. The van der Waals surface area contributed by atoms with Crippen molar-refractivity contribution < 1.29 is 4.79 Å². The number of hydrogen-bond donors (Lipinski definition) is 2. The van der Waals surface area contributed by atoms with Gasteiger partial charge >= 0.3 is 0 Å². The van der Waals surface area contributed by atoms with Crippen LogP contribution in [0.4, 0.5) is 0 Å². The average molecular weight is 281 g/mol. The summed E-state index contributed by atoms with van der Waals surface area (Å²) in [4.78, 5) is 27.2. The maximum Gasteiger partial charge on any atom is 0.272 e. The third-order valence-electron chi connectivity index (χ3n) is 3.11. The predicted molar refractivity (Wildman–Crippen MR) is 72.6 cm³/mol. The first-order valence-electron chi connectivity index (χ1n) is 5.68. The van der Waals surface area contributed by atoms with Crippen molar-refractivity contribution in [1.29, 1.82) is 0 Å². The Labute approximate surface area is 111 Å². The molecular formula is C11H11N3O2S2. The summed E-state index contributed by atoms with van der Waals surface area (Å²) in [5.74, 6) is -0.126. The van der Waals surface area contributed by atoms with Crippen LogP contribution in [0.3, 0.4) is 0 Å². The Hall–Kier alpha value is -1.47. The van der Waals surface area contributed by atoms with Crippen molar-refractivity contribution in [3.63, 3.8) is 0 Å². The molecule has 1 aliphatic heterocycles. The molecule has 1 atom stereocenters. The molecule has 0 aliphatic carbocycles. The molecule has 0 bridgehead atoms. The van der Waals surface area contributed by atoms with Crippen LogP contribution in [0.2, 0.25) is 0 Å². The topological polar surface area (TPSA) is 66.9 Å². The van der Waals surface area contributed by atoms with Gasteiger partial charge in [0.2, 0.25) is 5.91 Å². The summed E-state index contributed by atoms with van der Waals surface area (Å²) in [6.45, 7) is 0.668. The third-order valence-corrected chi connectivity index (χ3v) is 4.31. The summed E-state index contributed by atoms with van der Waals surface area (Å²) in [6, 6.07) is 1.34. The van der Waals surface area contributed by atoms with E-state index in [-0.39, 0.29) is 11.5 Å². The number of aromatic nitrogens is 2. The van der Waals surface area contributed by atoms with Crippen LogP contribution in [0.1, 0.15) is 18.9 Å². The second-order valence-corrected chi connectivity index (χ2v) is 5.52. The molecule has 1 fully saturated rings. The molecule has 1 unspecified atom stereocenters. The number of piperidine rings is 1. The average Bonchev–Trinajstić information content (AvgIpc) is 2.79. The fourth-order valence-electron chi connectivity index (χ4n) is 2.24. The molecule has 0 spiro atoms. The number of hydrogen-bond acceptors (Lipinski definition) is 4. The van der Waals surface area contributed by atoms with E-state index in [1.807, 2.05) is 11.4 Å². The van der Waals surface area contributed by atoms with Crippen molar-refractivity contribution >= 4 is 39.7 Å². The van der Waals surface area contributed by atoms with Crippen LogP contribution >= 0.6 is 23.6 Å². The molecule has 1 amide bonds. The minimum atomic E-state index is -0.485. The Kier molecular flexibility index (Phi) is 2.79. The van der Waals surface area contributed by atoms with Crippen LogP contribution in [-0.4, -0.2) is 22.0 Å². The van der Waals surface area contributed by atoms with Crippen LogP contribution in [0.25, 0.3) is 10.2 Å². The van der Waals surface area contributed by atoms with E-state index in [9.17, 15) is 9.59 Å². The maximum atomic E-state index is 12.4. The number of carbonyl (C=O) groups excluding carboxylic acids is 1. The van der Waals surface area contributed by atoms with Crippen molar-refractivity contribution in [3.05, 3.63) is 26.6 Å². The minimum Gasteiger partial charge on any atom is -0.354 e. The van der Waals surface area contributed by atoms with Gasteiger partial charge in [-0.1, -0.05) is 0 Å². The number of rotatable bonds is 1. The second kappa shape index (κ2) is 4.33. The normalized spacial score (nSPS) is 20.0. The molecule has 2 aromatic rings. The van der Waals surface area contributed by atoms with Crippen LogP contribution < -0.4 is 10.9 Å². The van der Waals surface area contributed by atoms with Gasteiger partial charge in [0, 0.05) is 6.54 Å². The Bertz CT molecular complexity index is 728. The van der Waals surface area contributed by atoms with Crippen molar-refractivity contribution in [2.75, 3.05) is 6.54 Å². The van der Waals surface area contributed by atoms with E-state index in [4.69, 9.17) is 12.2 Å². The molecule has 5 nitrogen and oxygen atoms in total. The van der Waals surface area contributed by atoms with Crippen LogP contribution in [0.5, 0.6) is 0 Å². The zero-order valence-corrected chi connectivity index (χ0v) is 11.1. The summed E-state index contributed by atoms with van der Waals surface area (Å²) in [7, 11) is 0. The van der Waals surface area contributed by atoms with E-state index < -0.39 is 6.04 Å². The zero-order valence-electron chi connectivity index (χ0n) is 9.43. The van der Waals surface area contributed by atoms with E-state index >= 15 is 0 Å². The molecule has 3 heterocycles. The molecule has 2 aromatic heterocycles. The van der Waals surface area contributed by atoms with Gasteiger partial charge < -0.3 is 10.3 Å². The Morgan fingerprint density at radius 1 is 1.44 bits per heavy atom. The van der Waals surface area contributed by atoms with Crippen molar-refractivity contribution in [3.8, 4) is 0 Å². The highest BCUT2D eigenvalue weighted by Crippen LogP contribution is 2.19. The fourth-order valence-corrected chi connectivity index (χ4v) is 3.34. The molecule has 3 rings (SSSR count). The van der Waals surface area contributed by atoms with Gasteiger partial charge in [-0.3, -0.25) is 14.2 Å². The summed E-state index contributed by atoms with van der Waals surface area (Å²) < 4.78 is 2.33. The molecule has 0 aromatic carbocycles. The van der Waals surface area contributed by atoms with Crippen molar-refractivity contribution in [2.24, 2.45) is 0 Å². The van der Waals surface area contributed by atoms with Crippen LogP contribution in [0.15, 0.2) is 16.2 Å². The molecule has 1 saturated heterocycles. The standard InChI is InChI=1S/C11H11N3O2S2/c15-9-7(2-1-4-12-9)14-10(16)8-6(3-5-18-8)13-11(14)17/h3,5,7H,1-2,4H2,(H,12,15)(H,13,17). The van der Waals surface area contributed by atoms with E-state index in [0.29, 0.717) is 22.4 Å². The van der Waals surface area contributed by atoms with Gasteiger partial charge in [-0.25, -0.2) is 0 Å². The smallest absolute Gasteiger partial charge is 0.272 e. The highest BCUT2D eigenvalue weighted by Gasteiger charge is 2.26.